The molecule has 18 rings (SSSR count). The van der Waals surface area contributed by atoms with Crippen LogP contribution in [0, 0.1) is 0 Å². The Balaban J connectivity index is 0.721. The monoisotopic (exact) mass is 1140 g/mol. The van der Waals surface area contributed by atoms with Crippen molar-refractivity contribution in [2.45, 2.75) is 0 Å². The largest absolute Gasteiger partial charge is 0.456 e. The maximum atomic E-state index is 16.4. The Morgan fingerprint density at radius 2 is 0.407 bits per heavy atom. The van der Waals surface area contributed by atoms with Gasteiger partial charge in [-0.15, -0.1) is 0 Å². The van der Waals surface area contributed by atoms with E-state index in [0.29, 0.717) is 0 Å². The third kappa shape index (κ3) is 7.28. The minimum atomic E-state index is -3.49. The lowest BCUT2D eigenvalue weighted by Crippen LogP contribution is -2.25. The second-order valence-corrected chi connectivity index (χ2v) is 28.0. The van der Waals surface area contributed by atoms with E-state index in [0.717, 1.165) is 174 Å². The van der Waals surface area contributed by atoms with Crippen LogP contribution in [0.25, 0.3) is 142 Å². The number of hydrogen-bond acceptors (Lipinski definition) is 6. The number of para-hydroxylation sites is 4. The van der Waals surface area contributed by atoms with Gasteiger partial charge in [0.15, 0.2) is 14.3 Å². The number of fused-ring (bicyclic) bond motifs is 18. The Bertz CT molecular complexity index is 5360. The highest BCUT2D eigenvalue weighted by atomic mass is 31.2. The molecule has 0 bridgehead atoms. The first-order valence-corrected chi connectivity index (χ1v) is 32.2. The first kappa shape index (κ1) is 49.0. The van der Waals surface area contributed by atoms with Crippen LogP contribution >= 0.6 is 14.3 Å². The molecule has 0 spiro atoms. The van der Waals surface area contributed by atoms with Gasteiger partial charge in [-0.2, -0.15) is 0 Å². The maximum Gasteiger partial charge on any atom is 0.171 e. The van der Waals surface area contributed by atoms with Crippen LogP contribution in [0.1, 0.15) is 0 Å². The molecule has 4 heterocycles. The fourth-order valence-corrected chi connectivity index (χ4v) is 18.9. The molecule has 0 aliphatic heterocycles. The van der Waals surface area contributed by atoms with Crippen LogP contribution in [0.4, 0.5) is 0 Å². The molecular weight excluding hydrogens is 1090 g/mol. The van der Waals surface area contributed by atoms with Crippen molar-refractivity contribution in [2.24, 2.45) is 0 Å². The molecule has 0 amide bonds. The smallest absolute Gasteiger partial charge is 0.171 e. The predicted octanol–water partition coefficient (Wildman–Crippen LogP) is 19.4. The molecule has 404 valence electrons. The van der Waals surface area contributed by atoms with Crippen molar-refractivity contribution < 1.29 is 26.8 Å². The van der Waals surface area contributed by atoms with Gasteiger partial charge in [-0.25, -0.2) is 0 Å². The Morgan fingerprint density at radius 3 is 0.709 bits per heavy atom. The van der Waals surface area contributed by atoms with E-state index in [-0.39, 0.29) is 0 Å². The zero-order valence-corrected chi connectivity index (χ0v) is 47.7. The van der Waals surface area contributed by atoms with Crippen LogP contribution in [0.3, 0.4) is 0 Å². The van der Waals surface area contributed by atoms with E-state index in [4.69, 9.17) is 17.7 Å². The summed E-state index contributed by atoms with van der Waals surface area (Å²) >= 11 is 0. The van der Waals surface area contributed by atoms with Crippen LogP contribution in [0.15, 0.2) is 297 Å². The average Bonchev–Trinajstić information content (AvgIpc) is 2.67. The molecule has 14 aromatic carbocycles. The van der Waals surface area contributed by atoms with E-state index in [1.807, 2.05) is 146 Å². The van der Waals surface area contributed by atoms with Crippen molar-refractivity contribution in [3.05, 3.63) is 279 Å². The second-order valence-electron chi connectivity index (χ2n) is 22.5. The number of furan rings is 4. The van der Waals surface area contributed by atoms with Crippen molar-refractivity contribution in [1.29, 1.82) is 0 Å². The van der Waals surface area contributed by atoms with Crippen molar-refractivity contribution in [3.63, 3.8) is 0 Å². The van der Waals surface area contributed by atoms with Gasteiger partial charge in [0, 0.05) is 74.9 Å². The Labute approximate surface area is 491 Å². The molecule has 0 saturated heterocycles. The highest BCUT2D eigenvalue weighted by Crippen LogP contribution is 2.48. The summed E-state index contributed by atoms with van der Waals surface area (Å²) in [6.45, 7) is 0. The average molecular weight is 1140 g/mol. The quantitative estimate of drug-likeness (QED) is 0.111. The molecule has 0 N–H and O–H groups in total. The summed E-state index contributed by atoms with van der Waals surface area (Å²) < 4.78 is 57.9. The molecule has 0 saturated carbocycles. The molecule has 0 aliphatic rings. The van der Waals surface area contributed by atoms with Crippen LogP contribution < -0.4 is 31.8 Å². The normalized spacial score (nSPS) is 12.5. The lowest BCUT2D eigenvalue weighted by molar-refractivity contribution is 0.591. The van der Waals surface area contributed by atoms with Crippen molar-refractivity contribution in [1.82, 2.24) is 0 Å². The van der Waals surface area contributed by atoms with Gasteiger partial charge in [-0.1, -0.05) is 170 Å². The fourth-order valence-electron chi connectivity index (χ4n) is 13.6. The number of hydrogen-bond donors (Lipinski definition) is 0. The molecule has 0 unspecified atom stereocenters. The van der Waals surface area contributed by atoms with E-state index >= 15 is 9.13 Å². The zero-order valence-electron chi connectivity index (χ0n) is 45.9. The third-order valence-electron chi connectivity index (χ3n) is 17.9. The summed E-state index contributed by atoms with van der Waals surface area (Å²) in [5.74, 6) is 0. The lowest BCUT2D eigenvalue weighted by Gasteiger charge is -2.21. The fraction of sp³-hybridized carbons (Fsp3) is 0. The maximum absolute atomic E-state index is 16.4. The molecule has 4 aromatic heterocycles. The highest BCUT2D eigenvalue weighted by molar-refractivity contribution is 7.85. The Morgan fingerprint density at radius 1 is 0.174 bits per heavy atom. The minimum absolute atomic E-state index is 0.731. The standard InChI is InChI=1S/C78H46O6P2/c79-85(53-31-37-75-67(43-53)61-13-3-7-17-71(61)81-75,54-32-38-76-68(44-54)62-14-4-8-18-72(62)82-76)51-27-21-47(22-28-51)49-25-35-59-60-36-26-50(42-66(60)58-12-2-1-11-57(58)65(59)41-49)48-23-29-52(30-24-48)86(80,55-33-39-77-69(45-55)63-15-5-9-19-73(63)83-77)56-34-40-78-70(46-56)64-16-6-10-20-74(64)84-78/h1-46H. The highest BCUT2D eigenvalue weighted by Gasteiger charge is 2.34. The van der Waals surface area contributed by atoms with Crippen LogP contribution in [0.2, 0.25) is 0 Å². The van der Waals surface area contributed by atoms with Crippen molar-refractivity contribution in [2.75, 3.05) is 0 Å². The number of benzene rings is 14. The molecule has 0 aliphatic carbocycles. The lowest BCUT2D eigenvalue weighted by atomic mass is 9.90. The molecule has 86 heavy (non-hydrogen) atoms. The topological polar surface area (TPSA) is 86.7 Å². The van der Waals surface area contributed by atoms with E-state index in [1.54, 1.807) is 0 Å². The first-order chi connectivity index (χ1) is 42.3. The van der Waals surface area contributed by atoms with Gasteiger partial charge in [0.2, 0.25) is 0 Å². The molecule has 0 radical (unpaired) electrons. The van der Waals surface area contributed by atoms with Gasteiger partial charge in [0.05, 0.1) is 0 Å². The van der Waals surface area contributed by atoms with Crippen LogP contribution in [0.5, 0.6) is 0 Å². The number of rotatable bonds is 8. The first-order valence-electron chi connectivity index (χ1n) is 28.8. The van der Waals surface area contributed by atoms with Crippen molar-refractivity contribution >= 4 is 166 Å². The van der Waals surface area contributed by atoms with E-state index in [1.165, 1.54) is 0 Å². The van der Waals surface area contributed by atoms with Crippen LogP contribution in [-0.4, -0.2) is 0 Å². The Hall–Kier alpha value is -10.5. The second kappa shape index (κ2) is 18.5. The summed E-state index contributed by atoms with van der Waals surface area (Å²) in [6.07, 6.45) is 0. The molecule has 0 fully saturated rings. The zero-order chi connectivity index (χ0) is 56.8. The van der Waals surface area contributed by atoms with Gasteiger partial charge < -0.3 is 26.8 Å². The van der Waals surface area contributed by atoms with E-state index in [9.17, 15) is 0 Å². The molecule has 0 atom stereocenters. The summed E-state index contributed by atoms with van der Waals surface area (Å²) in [6, 6.07) is 94.7. The third-order valence-corrected chi connectivity index (χ3v) is 23.9. The minimum Gasteiger partial charge on any atom is -0.456 e. The SMILES string of the molecule is O=P(c1ccc(-c2ccc3c4ccc(-c5ccc(P(=O)(c6ccc7oc8ccccc8c7c6)c6ccc7oc8ccccc8c7c6)cc5)cc4c4ccccc4c3c2)cc1)(c1ccc2oc3ccccc3c2c1)c1ccc2oc3ccccc3c2c1. The Kier molecular flexibility index (Phi) is 10.5. The van der Waals surface area contributed by atoms with Gasteiger partial charge in [0.25, 0.3) is 0 Å². The van der Waals surface area contributed by atoms with Gasteiger partial charge in [-0.05, 0) is 164 Å². The summed E-state index contributed by atoms with van der Waals surface area (Å²) in [4.78, 5) is 0. The van der Waals surface area contributed by atoms with E-state index < -0.39 is 14.3 Å². The summed E-state index contributed by atoms with van der Waals surface area (Å²) in [5.41, 5.74) is 10.4. The molecule has 6 nitrogen and oxygen atoms in total. The van der Waals surface area contributed by atoms with Gasteiger partial charge in [-0.3, -0.25) is 0 Å². The predicted molar refractivity (Wildman–Crippen MR) is 358 cm³/mol. The van der Waals surface area contributed by atoms with Gasteiger partial charge >= 0.3 is 0 Å². The van der Waals surface area contributed by atoms with Crippen molar-refractivity contribution in [3.8, 4) is 22.3 Å². The van der Waals surface area contributed by atoms with E-state index in [2.05, 4.69) is 133 Å². The summed E-state index contributed by atoms with van der Waals surface area (Å²) in [5, 5.41) is 19.0. The summed E-state index contributed by atoms with van der Waals surface area (Å²) in [7, 11) is -6.98. The molecule has 8 heteroatoms. The van der Waals surface area contributed by atoms with Gasteiger partial charge in [0.1, 0.15) is 44.7 Å². The van der Waals surface area contributed by atoms with Crippen LogP contribution in [-0.2, 0) is 9.13 Å². The molecular formula is C78H46O6P2. The molecule has 18 aromatic rings.